The van der Waals surface area contributed by atoms with Crippen molar-refractivity contribution < 1.29 is 27.7 Å². The lowest BCUT2D eigenvalue weighted by Crippen LogP contribution is -2.38. The third kappa shape index (κ3) is 10.1. The molecule has 0 unspecified atom stereocenters. The van der Waals surface area contributed by atoms with Gasteiger partial charge in [0.1, 0.15) is 11.5 Å². The van der Waals surface area contributed by atoms with Gasteiger partial charge in [-0.05, 0) is 44.4 Å². The minimum atomic E-state index is -2.90. The molecule has 172 valence electrons. The van der Waals surface area contributed by atoms with Crippen LogP contribution in [-0.2, 0) is 16.0 Å². The summed E-state index contributed by atoms with van der Waals surface area (Å²) in [6, 6.07) is 4.68. The molecule has 1 aliphatic rings. The first kappa shape index (κ1) is 26.6. The molecular weight excluding hydrogens is 511 g/mol. The molecule has 1 aromatic rings. The maximum absolute atomic E-state index is 12.6. The van der Waals surface area contributed by atoms with Crippen LogP contribution in [0.2, 0.25) is 0 Å². The number of benzene rings is 1. The molecule has 2 N–H and O–H groups in total. The van der Waals surface area contributed by atoms with E-state index in [2.05, 4.69) is 20.4 Å². The van der Waals surface area contributed by atoms with Crippen molar-refractivity contribution in [2.45, 2.75) is 45.4 Å². The van der Waals surface area contributed by atoms with Crippen LogP contribution in [0.4, 0.5) is 8.78 Å². The minimum Gasteiger partial charge on any atom is -0.497 e. The summed E-state index contributed by atoms with van der Waals surface area (Å²) in [5.41, 5.74) is 0.518. The van der Waals surface area contributed by atoms with Crippen molar-refractivity contribution in [3.8, 4) is 11.5 Å². The molecule has 0 radical (unpaired) electrons. The summed E-state index contributed by atoms with van der Waals surface area (Å²) >= 11 is 0. The Hall–Kier alpha value is -1.40. The van der Waals surface area contributed by atoms with Crippen molar-refractivity contribution in [1.29, 1.82) is 0 Å². The number of hydrogen-bond donors (Lipinski definition) is 2. The molecule has 1 saturated heterocycles. The molecule has 10 heteroatoms. The van der Waals surface area contributed by atoms with E-state index in [1.54, 1.807) is 12.1 Å². The molecule has 0 bridgehead atoms. The SMILES string of the molecule is CCNC(=NCc1cc(OC)ccc1OC(F)F)NCCCOC1CCOCC1.I. The van der Waals surface area contributed by atoms with Gasteiger partial charge in [-0.2, -0.15) is 8.78 Å². The molecule has 1 fully saturated rings. The zero-order valence-electron chi connectivity index (χ0n) is 17.5. The van der Waals surface area contributed by atoms with Crippen LogP contribution in [0.1, 0.15) is 31.7 Å². The van der Waals surface area contributed by atoms with Crippen molar-refractivity contribution in [3.05, 3.63) is 23.8 Å². The van der Waals surface area contributed by atoms with Crippen LogP contribution in [0.25, 0.3) is 0 Å². The van der Waals surface area contributed by atoms with E-state index >= 15 is 0 Å². The van der Waals surface area contributed by atoms with E-state index in [0.29, 0.717) is 37.0 Å². The van der Waals surface area contributed by atoms with Crippen LogP contribution in [-0.4, -0.2) is 58.7 Å². The zero-order chi connectivity index (χ0) is 20.9. The lowest BCUT2D eigenvalue weighted by atomic mass is 10.1. The fraction of sp³-hybridized carbons (Fsp3) is 0.650. The number of nitrogens with one attached hydrogen (secondary N) is 2. The summed E-state index contributed by atoms with van der Waals surface area (Å²) < 4.78 is 46.2. The second-order valence-corrected chi connectivity index (χ2v) is 6.51. The van der Waals surface area contributed by atoms with Crippen LogP contribution in [0, 0.1) is 0 Å². The molecule has 1 heterocycles. The quantitative estimate of drug-likeness (QED) is 0.193. The fourth-order valence-corrected chi connectivity index (χ4v) is 2.89. The minimum absolute atomic E-state index is 0. The average Bonchev–Trinajstić information content (AvgIpc) is 2.73. The molecule has 0 amide bonds. The summed E-state index contributed by atoms with van der Waals surface area (Å²) in [5.74, 6) is 1.25. The van der Waals surface area contributed by atoms with Crippen molar-refractivity contribution in [2.75, 3.05) is 40.0 Å². The Morgan fingerprint density at radius 1 is 1.27 bits per heavy atom. The molecule has 30 heavy (non-hydrogen) atoms. The Labute approximate surface area is 193 Å². The van der Waals surface area contributed by atoms with Crippen molar-refractivity contribution in [2.24, 2.45) is 4.99 Å². The molecule has 1 aliphatic heterocycles. The van der Waals surface area contributed by atoms with Gasteiger partial charge in [0.2, 0.25) is 0 Å². The summed E-state index contributed by atoms with van der Waals surface area (Å²) in [4.78, 5) is 4.47. The van der Waals surface area contributed by atoms with Gasteiger partial charge in [-0.3, -0.25) is 0 Å². The van der Waals surface area contributed by atoms with E-state index in [4.69, 9.17) is 14.2 Å². The number of nitrogens with zero attached hydrogens (tertiary/aromatic N) is 1. The fourth-order valence-electron chi connectivity index (χ4n) is 2.89. The number of methoxy groups -OCH3 is 1. The standard InChI is InChI=1S/C20H31F2N3O4.HI/c1-3-23-20(24-9-4-10-28-16-7-11-27-12-8-16)25-14-15-13-17(26-2)5-6-18(15)29-19(21)22;/h5-6,13,16,19H,3-4,7-12,14H2,1-2H3,(H2,23,24,25);1H. The Bertz CT molecular complexity index is 632. The summed E-state index contributed by atoms with van der Waals surface area (Å²) in [6.07, 6.45) is 3.01. The first-order chi connectivity index (χ1) is 14.1. The highest BCUT2D eigenvalue weighted by molar-refractivity contribution is 14.0. The highest BCUT2D eigenvalue weighted by Gasteiger charge is 2.14. The summed E-state index contributed by atoms with van der Waals surface area (Å²) in [5, 5.41) is 6.37. The molecule has 0 aliphatic carbocycles. The number of halogens is 3. The Morgan fingerprint density at radius 2 is 2.03 bits per heavy atom. The van der Waals surface area contributed by atoms with Gasteiger partial charge in [-0.15, -0.1) is 24.0 Å². The van der Waals surface area contributed by atoms with E-state index in [1.165, 1.54) is 13.2 Å². The number of aliphatic imine (C=N–C) groups is 1. The van der Waals surface area contributed by atoms with E-state index in [0.717, 1.165) is 32.5 Å². The van der Waals surface area contributed by atoms with E-state index in [9.17, 15) is 8.78 Å². The number of guanidine groups is 1. The zero-order valence-corrected chi connectivity index (χ0v) is 19.8. The number of alkyl halides is 2. The van der Waals surface area contributed by atoms with E-state index < -0.39 is 6.61 Å². The second-order valence-electron chi connectivity index (χ2n) is 6.51. The van der Waals surface area contributed by atoms with Gasteiger partial charge >= 0.3 is 6.61 Å². The largest absolute Gasteiger partial charge is 0.497 e. The van der Waals surface area contributed by atoms with Crippen molar-refractivity contribution >= 4 is 29.9 Å². The molecule has 0 saturated carbocycles. The molecule has 0 spiro atoms. The van der Waals surface area contributed by atoms with Crippen LogP contribution < -0.4 is 20.1 Å². The third-order valence-electron chi connectivity index (χ3n) is 4.37. The van der Waals surface area contributed by atoms with Gasteiger partial charge in [-0.1, -0.05) is 0 Å². The average molecular weight is 543 g/mol. The van der Waals surface area contributed by atoms with Crippen molar-refractivity contribution in [1.82, 2.24) is 10.6 Å². The third-order valence-corrected chi connectivity index (χ3v) is 4.37. The number of hydrogen-bond acceptors (Lipinski definition) is 5. The highest BCUT2D eigenvalue weighted by atomic mass is 127. The maximum atomic E-state index is 12.6. The first-order valence-electron chi connectivity index (χ1n) is 9.95. The van der Waals surface area contributed by atoms with E-state index in [1.807, 2.05) is 6.92 Å². The van der Waals surface area contributed by atoms with E-state index in [-0.39, 0.29) is 42.4 Å². The van der Waals surface area contributed by atoms with Gasteiger partial charge < -0.3 is 29.6 Å². The summed E-state index contributed by atoms with van der Waals surface area (Å²) in [7, 11) is 1.52. The van der Waals surface area contributed by atoms with Crippen LogP contribution >= 0.6 is 24.0 Å². The van der Waals surface area contributed by atoms with Gasteiger partial charge in [0, 0.05) is 38.5 Å². The summed E-state index contributed by atoms with van der Waals surface area (Å²) in [6.45, 7) is 2.81. The second kappa shape index (κ2) is 15.4. The molecule has 0 atom stereocenters. The molecular formula is C20H32F2IN3O4. The Balaban J connectivity index is 0.00000450. The van der Waals surface area contributed by atoms with Crippen LogP contribution in [0.5, 0.6) is 11.5 Å². The topological polar surface area (TPSA) is 73.3 Å². The number of rotatable bonds is 11. The first-order valence-corrected chi connectivity index (χ1v) is 9.95. The van der Waals surface area contributed by atoms with Crippen molar-refractivity contribution in [3.63, 3.8) is 0 Å². The molecule has 7 nitrogen and oxygen atoms in total. The Morgan fingerprint density at radius 3 is 2.70 bits per heavy atom. The molecule has 0 aromatic heterocycles. The monoisotopic (exact) mass is 543 g/mol. The van der Waals surface area contributed by atoms with Gasteiger partial charge in [0.25, 0.3) is 0 Å². The predicted octanol–water partition coefficient (Wildman–Crippen LogP) is 3.56. The number of ether oxygens (including phenoxy) is 4. The Kier molecular flexibility index (Phi) is 13.7. The lowest BCUT2D eigenvalue weighted by molar-refractivity contribution is -0.0504. The normalized spacial score (nSPS) is 14.9. The predicted molar refractivity (Wildman–Crippen MR) is 122 cm³/mol. The van der Waals surface area contributed by atoms with Crippen LogP contribution in [0.15, 0.2) is 23.2 Å². The molecule has 1 aromatic carbocycles. The maximum Gasteiger partial charge on any atom is 0.387 e. The van der Waals surface area contributed by atoms with Gasteiger partial charge in [0.05, 0.1) is 19.8 Å². The lowest BCUT2D eigenvalue weighted by Gasteiger charge is -2.22. The smallest absolute Gasteiger partial charge is 0.387 e. The van der Waals surface area contributed by atoms with Crippen LogP contribution in [0.3, 0.4) is 0 Å². The van der Waals surface area contributed by atoms with Gasteiger partial charge in [-0.25, -0.2) is 4.99 Å². The highest BCUT2D eigenvalue weighted by Crippen LogP contribution is 2.26. The van der Waals surface area contributed by atoms with Gasteiger partial charge in [0.15, 0.2) is 5.96 Å². The molecule has 2 rings (SSSR count).